The van der Waals surface area contributed by atoms with E-state index in [0.29, 0.717) is 5.56 Å². The summed E-state index contributed by atoms with van der Waals surface area (Å²) in [6.45, 7) is 1.98. The van der Waals surface area contributed by atoms with Crippen molar-refractivity contribution in [3.8, 4) is 0 Å². The minimum atomic E-state index is -0.221. The summed E-state index contributed by atoms with van der Waals surface area (Å²) >= 11 is 5.19. The molecule has 0 unspecified atom stereocenters. The Morgan fingerprint density at radius 1 is 1.09 bits per heavy atom. The number of carbonyl (C=O) groups excluding carboxylic acids is 1. The standard InChI is InChI=1S/C17H19N3OS/c1-12-7-9-13(10-8-12)16(21)19-17(22)18-14-5-4-6-15(11-14)20(2)3/h4-11H,1-3H3,(H2,18,19,21,22). The van der Waals surface area contributed by atoms with Crippen molar-refractivity contribution in [2.75, 3.05) is 24.3 Å². The number of nitrogens with one attached hydrogen (secondary N) is 2. The van der Waals surface area contributed by atoms with Crippen LogP contribution < -0.4 is 15.5 Å². The van der Waals surface area contributed by atoms with Gasteiger partial charge in [0.05, 0.1) is 0 Å². The van der Waals surface area contributed by atoms with Crippen molar-refractivity contribution in [1.82, 2.24) is 5.32 Å². The van der Waals surface area contributed by atoms with E-state index in [1.54, 1.807) is 12.1 Å². The number of rotatable bonds is 3. The molecule has 0 aromatic heterocycles. The summed E-state index contributed by atoms with van der Waals surface area (Å²) in [5.74, 6) is -0.221. The summed E-state index contributed by atoms with van der Waals surface area (Å²) in [7, 11) is 3.94. The Kier molecular flexibility index (Phi) is 5.12. The second-order valence-corrected chi connectivity index (χ2v) is 5.63. The summed E-state index contributed by atoms with van der Waals surface area (Å²) in [6.07, 6.45) is 0. The fourth-order valence-electron chi connectivity index (χ4n) is 1.90. The Balaban J connectivity index is 1.99. The van der Waals surface area contributed by atoms with Gasteiger partial charge in [0.25, 0.3) is 5.91 Å². The molecule has 1 amide bonds. The first-order valence-electron chi connectivity index (χ1n) is 6.92. The number of amides is 1. The van der Waals surface area contributed by atoms with Crippen LogP contribution in [0, 0.1) is 6.92 Å². The van der Waals surface area contributed by atoms with Gasteiger partial charge < -0.3 is 10.2 Å². The number of carbonyl (C=O) groups is 1. The van der Waals surface area contributed by atoms with Crippen LogP contribution in [0.1, 0.15) is 15.9 Å². The average Bonchev–Trinajstić information content (AvgIpc) is 2.47. The predicted molar refractivity (Wildman–Crippen MR) is 95.6 cm³/mol. The third-order valence-corrected chi connectivity index (χ3v) is 3.37. The van der Waals surface area contributed by atoms with Crippen molar-refractivity contribution in [3.05, 3.63) is 59.7 Å². The molecule has 0 saturated carbocycles. The van der Waals surface area contributed by atoms with Crippen molar-refractivity contribution in [2.24, 2.45) is 0 Å². The topological polar surface area (TPSA) is 44.4 Å². The molecule has 0 radical (unpaired) electrons. The Morgan fingerprint density at radius 3 is 2.41 bits per heavy atom. The van der Waals surface area contributed by atoms with Crippen molar-refractivity contribution >= 4 is 34.6 Å². The van der Waals surface area contributed by atoms with Gasteiger partial charge >= 0.3 is 0 Å². The molecule has 4 nitrogen and oxygen atoms in total. The van der Waals surface area contributed by atoms with E-state index in [9.17, 15) is 4.79 Å². The van der Waals surface area contributed by atoms with Crippen LogP contribution in [0.25, 0.3) is 0 Å². The van der Waals surface area contributed by atoms with Crippen molar-refractivity contribution < 1.29 is 4.79 Å². The molecule has 2 aromatic rings. The van der Waals surface area contributed by atoms with Crippen LogP contribution in [0.3, 0.4) is 0 Å². The van der Waals surface area contributed by atoms with Gasteiger partial charge in [-0.15, -0.1) is 0 Å². The van der Waals surface area contributed by atoms with Gasteiger partial charge in [-0.1, -0.05) is 23.8 Å². The molecule has 0 aliphatic rings. The van der Waals surface area contributed by atoms with E-state index in [4.69, 9.17) is 12.2 Å². The lowest BCUT2D eigenvalue weighted by molar-refractivity contribution is 0.0978. The van der Waals surface area contributed by atoms with Crippen molar-refractivity contribution in [3.63, 3.8) is 0 Å². The summed E-state index contributed by atoms with van der Waals surface area (Å²) < 4.78 is 0. The predicted octanol–water partition coefficient (Wildman–Crippen LogP) is 3.19. The summed E-state index contributed by atoms with van der Waals surface area (Å²) in [5.41, 5.74) is 3.58. The van der Waals surface area contributed by atoms with Gasteiger partial charge in [0.15, 0.2) is 5.11 Å². The highest BCUT2D eigenvalue weighted by Gasteiger charge is 2.08. The third kappa shape index (κ3) is 4.30. The molecule has 114 valence electrons. The first kappa shape index (κ1) is 16.0. The monoisotopic (exact) mass is 313 g/mol. The molecular formula is C17H19N3OS. The third-order valence-electron chi connectivity index (χ3n) is 3.16. The number of benzene rings is 2. The highest BCUT2D eigenvalue weighted by atomic mass is 32.1. The van der Waals surface area contributed by atoms with Gasteiger partial charge in [0.1, 0.15) is 0 Å². The number of aryl methyl sites for hydroxylation is 1. The maximum atomic E-state index is 12.1. The lowest BCUT2D eigenvalue weighted by Gasteiger charge is -2.15. The fraction of sp³-hybridized carbons (Fsp3) is 0.176. The molecule has 5 heteroatoms. The normalized spacial score (nSPS) is 9.95. The first-order valence-corrected chi connectivity index (χ1v) is 7.33. The van der Waals surface area contributed by atoms with E-state index >= 15 is 0 Å². The Bertz CT molecular complexity index is 681. The van der Waals surface area contributed by atoms with Crippen molar-refractivity contribution in [2.45, 2.75) is 6.92 Å². The molecule has 22 heavy (non-hydrogen) atoms. The lowest BCUT2D eigenvalue weighted by Crippen LogP contribution is -2.34. The minimum Gasteiger partial charge on any atom is -0.378 e. The molecule has 0 aliphatic carbocycles. The van der Waals surface area contributed by atoms with Crippen LogP contribution in [0.5, 0.6) is 0 Å². The van der Waals surface area contributed by atoms with Crippen LogP contribution in [0.2, 0.25) is 0 Å². The molecule has 0 fully saturated rings. The quantitative estimate of drug-likeness (QED) is 0.854. The van der Waals surface area contributed by atoms with E-state index in [-0.39, 0.29) is 11.0 Å². The smallest absolute Gasteiger partial charge is 0.257 e. The number of hydrogen-bond acceptors (Lipinski definition) is 3. The molecule has 0 spiro atoms. The summed E-state index contributed by atoms with van der Waals surface area (Å²) in [4.78, 5) is 14.1. The Morgan fingerprint density at radius 2 is 1.77 bits per heavy atom. The van der Waals surface area contributed by atoms with E-state index in [1.165, 1.54) is 0 Å². The number of thiocarbonyl (C=S) groups is 1. The highest BCUT2D eigenvalue weighted by molar-refractivity contribution is 7.80. The van der Waals surface area contributed by atoms with Crippen LogP contribution >= 0.6 is 12.2 Å². The van der Waals surface area contributed by atoms with Crippen LogP contribution in [-0.4, -0.2) is 25.1 Å². The first-order chi connectivity index (χ1) is 10.5. The second-order valence-electron chi connectivity index (χ2n) is 5.22. The van der Waals surface area contributed by atoms with Gasteiger partial charge in [0.2, 0.25) is 0 Å². The zero-order valence-corrected chi connectivity index (χ0v) is 13.7. The van der Waals surface area contributed by atoms with Gasteiger partial charge in [-0.05, 0) is 49.5 Å². The molecule has 0 saturated heterocycles. The highest BCUT2D eigenvalue weighted by Crippen LogP contribution is 2.17. The zero-order valence-electron chi connectivity index (χ0n) is 12.9. The van der Waals surface area contributed by atoms with E-state index in [2.05, 4.69) is 10.6 Å². The molecule has 2 N–H and O–H groups in total. The molecular weight excluding hydrogens is 294 g/mol. The maximum absolute atomic E-state index is 12.1. The van der Waals surface area contributed by atoms with Crippen LogP contribution in [-0.2, 0) is 0 Å². The molecule has 2 aromatic carbocycles. The maximum Gasteiger partial charge on any atom is 0.257 e. The molecule has 0 bridgehead atoms. The average molecular weight is 313 g/mol. The summed E-state index contributed by atoms with van der Waals surface area (Å²) in [6, 6.07) is 15.1. The van der Waals surface area contributed by atoms with Gasteiger partial charge in [0, 0.05) is 31.0 Å². The van der Waals surface area contributed by atoms with Crippen LogP contribution in [0.15, 0.2) is 48.5 Å². The molecule has 0 heterocycles. The zero-order chi connectivity index (χ0) is 16.1. The number of hydrogen-bond donors (Lipinski definition) is 2. The number of nitrogens with zero attached hydrogens (tertiary/aromatic N) is 1. The van der Waals surface area contributed by atoms with Crippen LogP contribution in [0.4, 0.5) is 11.4 Å². The SMILES string of the molecule is Cc1ccc(C(=O)NC(=S)Nc2cccc(N(C)C)c2)cc1. The van der Waals surface area contributed by atoms with E-state index in [0.717, 1.165) is 16.9 Å². The van der Waals surface area contributed by atoms with E-state index < -0.39 is 0 Å². The van der Waals surface area contributed by atoms with Gasteiger partial charge in [-0.25, -0.2) is 0 Å². The van der Waals surface area contributed by atoms with E-state index in [1.807, 2.05) is 62.3 Å². The van der Waals surface area contributed by atoms with Gasteiger partial charge in [-0.3, -0.25) is 10.1 Å². The Labute approximate surface area is 136 Å². The fourth-order valence-corrected chi connectivity index (χ4v) is 2.11. The summed E-state index contributed by atoms with van der Waals surface area (Å²) in [5, 5.41) is 5.98. The minimum absolute atomic E-state index is 0.221. The van der Waals surface area contributed by atoms with Gasteiger partial charge in [-0.2, -0.15) is 0 Å². The molecule has 2 rings (SSSR count). The number of anilines is 2. The molecule has 0 aliphatic heterocycles. The molecule has 0 atom stereocenters. The van der Waals surface area contributed by atoms with Crippen molar-refractivity contribution in [1.29, 1.82) is 0 Å². The Hall–Kier alpha value is -2.40. The largest absolute Gasteiger partial charge is 0.378 e. The second kappa shape index (κ2) is 7.04. The lowest BCUT2D eigenvalue weighted by atomic mass is 10.1.